The number of ether oxygens (including phenoxy) is 1. The van der Waals surface area contributed by atoms with Gasteiger partial charge < -0.3 is 9.84 Å². The largest absolute Gasteiger partial charge is 0.512 e. The highest BCUT2D eigenvalue weighted by Gasteiger charge is 2.04. The summed E-state index contributed by atoms with van der Waals surface area (Å²) < 4.78 is 5.48. The molecule has 0 bridgehead atoms. The number of aliphatic hydroxyl groups excluding tert-OH is 1. The van der Waals surface area contributed by atoms with E-state index in [0.29, 0.717) is 5.76 Å². The second kappa shape index (κ2) is 4.86. The van der Waals surface area contributed by atoms with Crippen LogP contribution in [0.1, 0.15) is 32.6 Å². The zero-order valence-corrected chi connectivity index (χ0v) is 7.55. The normalized spacial score (nSPS) is 16.8. The van der Waals surface area contributed by atoms with Gasteiger partial charge in [0, 0.05) is 12.8 Å². The zero-order valence-electron chi connectivity index (χ0n) is 7.55. The summed E-state index contributed by atoms with van der Waals surface area (Å²) in [5, 5.41) is 9.06. The average molecular weight is 168 g/mol. The molecule has 0 aromatic rings. The summed E-state index contributed by atoms with van der Waals surface area (Å²) in [7, 11) is 0. The molecule has 0 unspecified atom stereocenters. The predicted molar refractivity (Wildman–Crippen MR) is 48.9 cm³/mol. The summed E-state index contributed by atoms with van der Waals surface area (Å²) in [6.07, 6.45) is 7.39. The van der Waals surface area contributed by atoms with Crippen molar-refractivity contribution < 1.29 is 9.84 Å². The molecule has 2 nitrogen and oxygen atoms in total. The number of rotatable bonds is 4. The van der Waals surface area contributed by atoms with Crippen LogP contribution in [0.2, 0.25) is 0 Å². The highest BCUT2D eigenvalue weighted by atomic mass is 16.5. The summed E-state index contributed by atoms with van der Waals surface area (Å²) >= 11 is 0. The lowest BCUT2D eigenvalue weighted by Gasteiger charge is -2.12. The summed E-state index contributed by atoms with van der Waals surface area (Å²) in [5.41, 5.74) is 0. The number of unbranched alkanes of at least 4 members (excludes halogenated alkanes) is 1. The molecule has 12 heavy (non-hydrogen) atoms. The average Bonchev–Trinajstić information content (AvgIpc) is 2.09. The minimum Gasteiger partial charge on any atom is -0.512 e. The molecular weight excluding hydrogens is 152 g/mol. The van der Waals surface area contributed by atoms with E-state index >= 15 is 0 Å². The Morgan fingerprint density at radius 1 is 1.42 bits per heavy atom. The number of hydrogen-bond donors (Lipinski definition) is 1. The van der Waals surface area contributed by atoms with Gasteiger partial charge >= 0.3 is 0 Å². The molecule has 2 heteroatoms. The Labute approximate surface area is 73.5 Å². The molecule has 1 aliphatic carbocycles. The van der Waals surface area contributed by atoms with Gasteiger partial charge in [0.1, 0.15) is 0 Å². The van der Waals surface area contributed by atoms with E-state index in [4.69, 9.17) is 9.84 Å². The lowest BCUT2D eigenvalue weighted by atomic mass is 10.1. The molecule has 0 atom stereocenters. The van der Waals surface area contributed by atoms with Gasteiger partial charge in [0.05, 0.1) is 18.1 Å². The van der Waals surface area contributed by atoms with Crippen molar-refractivity contribution >= 4 is 0 Å². The first-order valence-electron chi connectivity index (χ1n) is 4.54. The number of hydrogen-bond acceptors (Lipinski definition) is 2. The summed E-state index contributed by atoms with van der Waals surface area (Å²) in [4.78, 5) is 0. The SMILES string of the molecule is CCCCOC1=CC=C(O)CC1. The van der Waals surface area contributed by atoms with Crippen LogP contribution in [0.3, 0.4) is 0 Å². The van der Waals surface area contributed by atoms with E-state index in [1.807, 2.05) is 6.08 Å². The fourth-order valence-electron chi connectivity index (χ4n) is 1.07. The van der Waals surface area contributed by atoms with Crippen molar-refractivity contribution in [1.29, 1.82) is 0 Å². The minimum absolute atomic E-state index is 0.456. The van der Waals surface area contributed by atoms with Crippen molar-refractivity contribution in [3.05, 3.63) is 23.7 Å². The van der Waals surface area contributed by atoms with Crippen molar-refractivity contribution in [2.75, 3.05) is 6.61 Å². The Morgan fingerprint density at radius 3 is 2.83 bits per heavy atom. The van der Waals surface area contributed by atoms with Crippen LogP contribution in [0, 0.1) is 0 Å². The lowest BCUT2D eigenvalue weighted by Crippen LogP contribution is -1.99. The van der Waals surface area contributed by atoms with Crippen molar-refractivity contribution in [2.24, 2.45) is 0 Å². The van der Waals surface area contributed by atoms with Crippen molar-refractivity contribution in [3.8, 4) is 0 Å². The molecule has 0 aromatic heterocycles. The molecular formula is C10H16O2. The van der Waals surface area contributed by atoms with E-state index in [9.17, 15) is 0 Å². The molecule has 0 spiro atoms. The number of aliphatic hydroxyl groups is 1. The highest BCUT2D eigenvalue weighted by molar-refractivity contribution is 5.16. The predicted octanol–water partition coefficient (Wildman–Crippen LogP) is 2.92. The molecule has 1 aliphatic rings. The fourth-order valence-corrected chi connectivity index (χ4v) is 1.07. The van der Waals surface area contributed by atoms with Crippen LogP contribution in [0.4, 0.5) is 0 Å². The Balaban J connectivity index is 2.24. The molecule has 0 saturated heterocycles. The second-order valence-electron chi connectivity index (χ2n) is 2.99. The molecule has 1 rings (SSSR count). The van der Waals surface area contributed by atoms with Crippen LogP contribution in [0.5, 0.6) is 0 Å². The smallest absolute Gasteiger partial charge is 0.0965 e. The zero-order chi connectivity index (χ0) is 8.81. The minimum atomic E-state index is 0.456. The van der Waals surface area contributed by atoms with Gasteiger partial charge in [-0.2, -0.15) is 0 Å². The third-order valence-electron chi connectivity index (χ3n) is 1.87. The molecule has 0 fully saturated rings. The lowest BCUT2D eigenvalue weighted by molar-refractivity contribution is 0.193. The molecule has 0 heterocycles. The second-order valence-corrected chi connectivity index (χ2v) is 2.99. The van der Waals surface area contributed by atoms with Crippen LogP contribution < -0.4 is 0 Å². The van der Waals surface area contributed by atoms with E-state index in [2.05, 4.69) is 6.92 Å². The first-order valence-corrected chi connectivity index (χ1v) is 4.54. The van der Waals surface area contributed by atoms with Gasteiger partial charge in [-0.15, -0.1) is 0 Å². The van der Waals surface area contributed by atoms with Gasteiger partial charge in [-0.25, -0.2) is 0 Å². The van der Waals surface area contributed by atoms with E-state index in [1.54, 1.807) is 6.08 Å². The van der Waals surface area contributed by atoms with Crippen LogP contribution in [0.25, 0.3) is 0 Å². The van der Waals surface area contributed by atoms with Crippen molar-refractivity contribution in [2.45, 2.75) is 32.6 Å². The van der Waals surface area contributed by atoms with Crippen LogP contribution in [-0.4, -0.2) is 11.7 Å². The van der Waals surface area contributed by atoms with Gasteiger partial charge in [-0.3, -0.25) is 0 Å². The van der Waals surface area contributed by atoms with Gasteiger partial charge in [-0.1, -0.05) is 13.3 Å². The fraction of sp³-hybridized carbons (Fsp3) is 0.600. The van der Waals surface area contributed by atoms with Crippen molar-refractivity contribution in [1.82, 2.24) is 0 Å². The Morgan fingerprint density at radius 2 is 2.25 bits per heavy atom. The van der Waals surface area contributed by atoms with Gasteiger partial charge in [0.25, 0.3) is 0 Å². The molecule has 68 valence electrons. The van der Waals surface area contributed by atoms with Crippen LogP contribution in [-0.2, 0) is 4.74 Å². The summed E-state index contributed by atoms with van der Waals surface area (Å²) in [5.74, 6) is 1.46. The third kappa shape index (κ3) is 2.99. The van der Waals surface area contributed by atoms with E-state index in [1.165, 1.54) is 0 Å². The first-order chi connectivity index (χ1) is 5.83. The van der Waals surface area contributed by atoms with Gasteiger partial charge in [0.15, 0.2) is 0 Å². The monoisotopic (exact) mass is 168 g/mol. The maximum Gasteiger partial charge on any atom is 0.0965 e. The summed E-state index contributed by atoms with van der Waals surface area (Å²) in [6, 6.07) is 0. The topological polar surface area (TPSA) is 29.5 Å². The highest BCUT2D eigenvalue weighted by Crippen LogP contribution is 2.17. The maximum atomic E-state index is 9.06. The molecule has 0 saturated carbocycles. The van der Waals surface area contributed by atoms with E-state index < -0.39 is 0 Å². The third-order valence-corrected chi connectivity index (χ3v) is 1.87. The number of allylic oxidation sites excluding steroid dienone is 4. The summed E-state index contributed by atoms with van der Waals surface area (Å²) in [6.45, 7) is 2.95. The van der Waals surface area contributed by atoms with Gasteiger partial charge in [0.2, 0.25) is 0 Å². The van der Waals surface area contributed by atoms with Crippen molar-refractivity contribution in [3.63, 3.8) is 0 Å². The van der Waals surface area contributed by atoms with Crippen LogP contribution in [0.15, 0.2) is 23.7 Å². The molecule has 1 N–H and O–H groups in total. The quantitative estimate of drug-likeness (QED) is 0.654. The Kier molecular flexibility index (Phi) is 3.71. The maximum absolute atomic E-state index is 9.06. The van der Waals surface area contributed by atoms with Crippen LogP contribution >= 0.6 is 0 Å². The first kappa shape index (κ1) is 9.17. The molecule has 0 aliphatic heterocycles. The Hall–Kier alpha value is -0.920. The van der Waals surface area contributed by atoms with Gasteiger partial charge in [-0.05, 0) is 18.6 Å². The standard InChI is InChI=1S/C10H16O2/c1-2-3-8-12-10-6-4-9(11)5-7-10/h4,6,11H,2-3,5,7-8H2,1H3. The molecule has 0 aromatic carbocycles. The van der Waals surface area contributed by atoms with E-state index in [0.717, 1.165) is 38.0 Å². The van der Waals surface area contributed by atoms with E-state index in [-0.39, 0.29) is 0 Å². The molecule has 0 radical (unpaired) electrons. The Bertz CT molecular complexity index is 192. The molecule has 0 amide bonds.